The number of hydrogen-bond donors (Lipinski definition) is 1. The molecule has 19 heavy (non-hydrogen) atoms. The van der Waals surface area contributed by atoms with Crippen LogP contribution in [0, 0.1) is 13.8 Å². The van der Waals surface area contributed by atoms with Crippen LogP contribution in [-0.2, 0) is 0 Å². The summed E-state index contributed by atoms with van der Waals surface area (Å²) in [5.74, 6) is -0.296. The number of pyridine rings is 2. The summed E-state index contributed by atoms with van der Waals surface area (Å²) < 4.78 is 0. The van der Waals surface area contributed by atoms with Gasteiger partial charge in [0.05, 0.1) is 5.56 Å². The van der Waals surface area contributed by atoms with E-state index in [9.17, 15) is 9.59 Å². The molecule has 96 valence electrons. The Morgan fingerprint density at radius 2 is 1.95 bits per heavy atom. The number of carbonyl (C=O) groups excluding carboxylic acids is 1. The fourth-order valence-electron chi connectivity index (χ4n) is 1.89. The average Bonchev–Trinajstić information content (AvgIpc) is 2.36. The molecule has 0 aliphatic rings. The molecular formula is C15H14N2O2. The molecular weight excluding hydrogens is 240 g/mol. The van der Waals surface area contributed by atoms with Gasteiger partial charge in [-0.3, -0.25) is 14.6 Å². The van der Waals surface area contributed by atoms with Crippen LogP contribution in [-0.4, -0.2) is 15.8 Å². The Kier molecular flexibility index (Phi) is 3.71. The lowest BCUT2D eigenvalue weighted by molar-refractivity contribution is 0.104. The molecule has 4 nitrogen and oxygen atoms in total. The number of ketones is 1. The number of aromatic amines is 1. The van der Waals surface area contributed by atoms with Gasteiger partial charge in [0.1, 0.15) is 0 Å². The number of H-pyrrole nitrogens is 1. The molecule has 2 heterocycles. The topological polar surface area (TPSA) is 62.8 Å². The van der Waals surface area contributed by atoms with Gasteiger partial charge in [-0.25, -0.2) is 0 Å². The number of aryl methyl sites for hydroxylation is 2. The molecule has 0 unspecified atom stereocenters. The first-order valence-corrected chi connectivity index (χ1v) is 5.91. The van der Waals surface area contributed by atoms with Crippen LogP contribution >= 0.6 is 0 Å². The summed E-state index contributed by atoms with van der Waals surface area (Å²) in [6.07, 6.45) is 6.37. The third-order valence-electron chi connectivity index (χ3n) is 2.74. The van der Waals surface area contributed by atoms with Crippen LogP contribution in [0.1, 0.15) is 27.2 Å². The molecule has 0 amide bonds. The zero-order valence-electron chi connectivity index (χ0n) is 10.8. The van der Waals surface area contributed by atoms with E-state index >= 15 is 0 Å². The van der Waals surface area contributed by atoms with Crippen molar-refractivity contribution in [2.45, 2.75) is 13.8 Å². The lowest BCUT2D eigenvalue weighted by atomic mass is 10.1. The van der Waals surface area contributed by atoms with Crippen LogP contribution in [0.3, 0.4) is 0 Å². The fraction of sp³-hybridized carbons (Fsp3) is 0.133. The normalized spacial score (nSPS) is 10.8. The predicted octanol–water partition coefficient (Wildman–Crippen LogP) is 2.28. The van der Waals surface area contributed by atoms with Gasteiger partial charge in [0.25, 0.3) is 5.56 Å². The van der Waals surface area contributed by atoms with Crippen molar-refractivity contribution in [2.75, 3.05) is 0 Å². The van der Waals surface area contributed by atoms with Gasteiger partial charge >= 0.3 is 0 Å². The Balaban J connectivity index is 2.31. The van der Waals surface area contributed by atoms with Gasteiger partial charge in [-0.05, 0) is 49.2 Å². The molecule has 0 radical (unpaired) electrons. The molecule has 0 saturated heterocycles. The first-order chi connectivity index (χ1) is 9.08. The highest BCUT2D eigenvalue weighted by atomic mass is 16.1. The lowest BCUT2D eigenvalue weighted by Crippen LogP contribution is -2.19. The van der Waals surface area contributed by atoms with Crippen molar-refractivity contribution < 1.29 is 4.79 Å². The van der Waals surface area contributed by atoms with Gasteiger partial charge < -0.3 is 4.98 Å². The number of hydrogen-bond acceptors (Lipinski definition) is 3. The third-order valence-corrected chi connectivity index (χ3v) is 2.74. The highest BCUT2D eigenvalue weighted by Crippen LogP contribution is 2.07. The molecule has 2 aromatic heterocycles. The van der Waals surface area contributed by atoms with Gasteiger partial charge in [0.2, 0.25) is 0 Å². The summed E-state index contributed by atoms with van der Waals surface area (Å²) in [6.45, 7) is 3.55. The molecule has 4 heteroatoms. The second-order valence-corrected chi connectivity index (χ2v) is 4.32. The van der Waals surface area contributed by atoms with Gasteiger partial charge in [-0.1, -0.05) is 6.08 Å². The van der Waals surface area contributed by atoms with Crippen LogP contribution in [0.4, 0.5) is 0 Å². The Morgan fingerprint density at radius 3 is 2.58 bits per heavy atom. The number of rotatable bonds is 3. The largest absolute Gasteiger partial charge is 0.326 e. The second kappa shape index (κ2) is 5.44. The maximum absolute atomic E-state index is 12.0. The van der Waals surface area contributed by atoms with Crippen molar-refractivity contribution in [3.05, 3.63) is 69.4 Å². The molecule has 0 aliphatic carbocycles. The lowest BCUT2D eigenvalue weighted by Gasteiger charge is -2.02. The first-order valence-electron chi connectivity index (χ1n) is 5.91. The third kappa shape index (κ3) is 3.04. The Labute approximate surface area is 110 Å². The average molecular weight is 254 g/mol. The van der Waals surface area contributed by atoms with Crippen LogP contribution in [0.25, 0.3) is 6.08 Å². The van der Waals surface area contributed by atoms with Crippen molar-refractivity contribution in [2.24, 2.45) is 0 Å². The number of aromatic nitrogens is 2. The van der Waals surface area contributed by atoms with E-state index in [4.69, 9.17) is 0 Å². The minimum absolute atomic E-state index is 0.191. The standard InChI is InChI=1S/C15H14N2O2/c1-10-9-11(2)17-15(19)14(10)13(18)4-3-12-5-7-16-8-6-12/h3-9H,1-2H3,(H,17,19). The molecule has 0 bridgehead atoms. The van der Waals surface area contributed by atoms with Crippen LogP contribution in [0.15, 0.2) is 41.5 Å². The highest BCUT2D eigenvalue weighted by Gasteiger charge is 2.11. The quantitative estimate of drug-likeness (QED) is 0.675. The molecule has 2 rings (SSSR count). The maximum Gasteiger partial charge on any atom is 0.259 e. The van der Waals surface area contributed by atoms with Gasteiger partial charge in [-0.2, -0.15) is 0 Å². The summed E-state index contributed by atoms with van der Waals surface area (Å²) in [6, 6.07) is 5.36. The summed E-state index contributed by atoms with van der Waals surface area (Å²) in [5.41, 5.74) is 2.14. The van der Waals surface area contributed by atoms with E-state index in [2.05, 4.69) is 9.97 Å². The molecule has 0 saturated carbocycles. The van der Waals surface area contributed by atoms with E-state index < -0.39 is 0 Å². The Hall–Kier alpha value is -2.49. The van der Waals surface area contributed by atoms with E-state index in [1.807, 2.05) is 0 Å². The van der Waals surface area contributed by atoms with E-state index in [0.29, 0.717) is 5.56 Å². The molecule has 0 fully saturated rings. The highest BCUT2D eigenvalue weighted by molar-refractivity contribution is 6.07. The predicted molar refractivity (Wildman–Crippen MR) is 74.1 cm³/mol. The van der Waals surface area contributed by atoms with E-state index in [0.717, 1.165) is 11.3 Å². The van der Waals surface area contributed by atoms with Crippen molar-refractivity contribution in [1.29, 1.82) is 0 Å². The Morgan fingerprint density at radius 1 is 1.26 bits per heavy atom. The Bertz CT molecular complexity index is 685. The van der Waals surface area contributed by atoms with Crippen LogP contribution < -0.4 is 5.56 Å². The molecule has 0 atom stereocenters. The smallest absolute Gasteiger partial charge is 0.259 e. The van der Waals surface area contributed by atoms with Crippen molar-refractivity contribution in [3.63, 3.8) is 0 Å². The van der Waals surface area contributed by atoms with E-state index in [1.165, 1.54) is 6.08 Å². The van der Waals surface area contributed by atoms with Crippen LogP contribution in [0.2, 0.25) is 0 Å². The maximum atomic E-state index is 12.0. The first kappa shape index (κ1) is 13.0. The fourth-order valence-corrected chi connectivity index (χ4v) is 1.89. The monoisotopic (exact) mass is 254 g/mol. The number of nitrogens with zero attached hydrogens (tertiary/aromatic N) is 1. The summed E-state index contributed by atoms with van der Waals surface area (Å²) in [5, 5.41) is 0. The van der Waals surface area contributed by atoms with Gasteiger partial charge in [0, 0.05) is 18.1 Å². The van der Waals surface area contributed by atoms with E-state index in [-0.39, 0.29) is 16.9 Å². The zero-order chi connectivity index (χ0) is 13.8. The number of nitrogens with one attached hydrogen (secondary N) is 1. The van der Waals surface area contributed by atoms with Crippen molar-refractivity contribution >= 4 is 11.9 Å². The molecule has 1 N–H and O–H groups in total. The second-order valence-electron chi connectivity index (χ2n) is 4.32. The molecule has 0 aromatic carbocycles. The van der Waals surface area contributed by atoms with Crippen molar-refractivity contribution in [1.82, 2.24) is 9.97 Å². The zero-order valence-corrected chi connectivity index (χ0v) is 10.8. The minimum atomic E-state index is -0.345. The van der Waals surface area contributed by atoms with Crippen molar-refractivity contribution in [3.8, 4) is 0 Å². The molecule has 0 aliphatic heterocycles. The van der Waals surface area contributed by atoms with Crippen LogP contribution in [0.5, 0.6) is 0 Å². The summed E-state index contributed by atoms with van der Waals surface area (Å²) in [4.78, 5) is 30.4. The molecule has 0 spiro atoms. The number of allylic oxidation sites excluding steroid dienone is 1. The SMILES string of the molecule is Cc1cc(C)c(C(=O)C=Cc2ccncc2)c(=O)[nH]1. The minimum Gasteiger partial charge on any atom is -0.326 e. The molecule has 2 aromatic rings. The van der Waals surface area contributed by atoms with E-state index in [1.54, 1.807) is 50.5 Å². The summed E-state index contributed by atoms with van der Waals surface area (Å²) in [7, 11) is 0. The summed E-state index contributed by atoms with van der Waals surface area (Å²) >= 11 is 0. The van der Waals surface area contributed by atoms with Gasteiger partial charge in [0.15, 0.2) is 5.78 Å². The van der Waals surface area contributed by atoms with Gasteiger partial charge in [-0.15, -0.1) is 0 Å². The number of carbonyl (C=O) groups is 1.